The number of sulfonamides is 1. The van der Waals surface area contributed by atoms with E-state index < -0.39 is 10.0 Å². The number of anilines is 1. The van der Waals surface area contributed by atoms with Crippen LogP contribution in [0, 0.1) is 0 Å². The van der Waals surface area contributed by atoms with Crippen molar-refractivity contribution in [1.29, 1.82) is 0 Å². The number of nitrogens with zero attached hydrogens (tertiary/aromatic N) is 3. The number of carbonyl (C=O) groups is 1. The number of pyridine rings is 1. The minimum atomic E-state index is -3.54. The molecular weight excluding hydrogens is 376 g/mol. The Balaban J connectivity index is 1.54. The first-order valence-corrected chi connectivity index (χ1v) is 10.8. The van der Waals surface area contributed by atoms with Gasteiger partial charge in [0.05, 0.1) is 4.90 Å². The highest BCUT2D eigenvalue weighted by molar-refractivity contribution is 7.89. The number of benzene rings is 1. The van der Waals surface area contributed by atoms with Crippen molar-refractivity contribution >= 4 is 27.4 Å². The van der Waals surface area contributed by atoms with E-state index in [1.165, 1.54) is 12.1 Å². The van der Waals surface area contributed by atoms with Crippen molar-refractivity contribution in [3.05, 3.63) is 60.4 Å². The maximum atomic E-state index is 12.9. The zero-order chi connectivity index (χ0) is 19.7. The van der Waals surface area contributed by atoms with Crippen LogP contribution in [0.4, 0.5) is 5.82 Å². The van der Waals surface area contributed by atoms with Gasteiger partial charge in [-0.1, -0.05) is 12.5 Å². The van der Waals surface area contributed by atoms with E-state index in [4.69, 9.17) is 0 Å². The lowest BCUT2D eigenvalue weighted by Gasteiger charge is -2.32. The second-order valence-corrected chi connectivity index (χ2v) is 8.90. The van der Waals surface area contributed by atoms with Crippen LogP contribution in [0.25, 0.3) is 5.65 Å². The zero-order valence-corrected chi connectivity index (χ0v) is 16.4. The smallest absolute Gasteiger partial charge is 0.256 e. The van der Waals surface area contributed by atoms with E-state index in [1.807, 2.05) is 19.1 Å². The lowest BCUT2D eigenvalue weighted by molar-refractivity contribution is 0.102. The van der Waals surface area contributed by atoms with Gasteiger partial charge in [-0.2, -0.15) is 4.31 Å². The molecule has 1 fully saturated rings. The molecule has 0 bridgehead atoms. The normalized spacial score (nSPS) is 18.2. The van der Waals surface area contributed by atoms with Crippen LogP contribution < -0.4 is 5.32 Å². The van der Waals surface area contributed by atoms with Gasteiger partial charge in [0.2, 0.25) is 10.0 Å². The number of hydrogen-bond donors (Lipinski definition) is 1. The Morgan fingerprint density at radius 3 is 2.68 bits per heavy atom. The lowest BCUT2D eigenvalue weighted by atomic mass is 10.1. The van der Waals surface area contributed by atoms with Gasteiger partial charge in [-0.3, -0.25) is 9.20 Å². The van der Waals surface area contributed by atoms with E-state index in [1.54, 1.807) is 39.3 Å². The number of nitrogens with one attached hydrogen (secondary N) is 1. The second kappa shape index (κ2) is 7.37. The van der Waals surface area contributed by atoms with Crippen molar-refractivity contribution in [2.45, 2.75) is 37.1 Å². The molecule has 0 saturated carbocycles. The first kappa shape index (κ1) is 18.6. The maximum Gasteiger partial charge on any atom is 0.256 e. The fourth-order valence-electron chi connectivity index (χ4n) is 3.58. The molecule has 1 aliphatic heterocycles. The standard InChI is InChI=1S/C20H22N4O3S/c1-15-5-2-3-13-24(15)28(26,27)17-10-8-16(9-11-17)20(25)22-19-7-4-6-18-21-12-14-23(18)19/h4,6-12,14-15H,2-3,5,13H2,1H3,(H,22,25)/t15-/m0/s1. The third kappa shape index (κ3) is 3.41. The van der Waals surface area contributed by atoms with Crippen molar-refractivity contribution < 1.29 is 13.2 Å². The van der Waals surface area contributed by atoms with Crippen LogP contribution in [-0.4, -0.2) is 40.6 Å². The van der Waals surface area contributed by atoms with Crippen LogP contribution in [0.15, 0.2) is 59.8 Å². The lowest BCUT2D eigenvalue weighted by Crippen LogP contribution is -2.41. The highest BCUT2D eigenvalue weighted by atomic mass is 32.2. The van der Waals surface area contributed by atoms with Crippen LogP contribution in [0.3, 0.4) is 0 Å². The van der Waals surface area contributed by atoms with Gasteiger partial charge in [-0.05, 0) is 56.2 Å². The van der Waals surface area contributed by atoms with E-state index >= 15 is 0 Å². The molecule has 146 valence electrons. The van der Waals surface area contributed by atoms with Gasteiger partial charge < -0.3 is 5.32 Å². The first-order valence-electron chi connectivity index (χ1n) is 9.32. The van der Waals surface area contributed by atoms with Crippen LogP contribution in [-0.2, 0) is 10.0 Å². The largest absolute Gasteiger partial charge is 0.308 e. The molecule has 3 heterocycles. The zero-order valence-electron chi connectivity index (χ0n) is 15.6. The number of fused-ring (bicyclic) bond motifs is 1. The Morgan fingerprint density at radius 2 is 1.93 bits per heavy atom. The van der Waals surface area contributed by atoms with Gasteiger partial charge in [0.25, 0.3) is 5.91 Å². The molecular formula is C20H22N4O3S. The van der Waals surface area contributed by atoms with Crippen LogP contribution >= 0.6 is 0 Å². The van der Waals surface area contributed by atoms with Crippen LogP contribution in [0.2, 0.25) is 0 Å². The summed E-state index contributed by atoms with van der Waals surface area (Å²) in [6.07, 6.45) is 6.23. The molecule has 1 aliphatic rings. The molecule has 4 rings (SSSR count). The predicted molar refractivity (Wildman–Crippen MR) is 107 cm³/mol. The molecule has 0 aliphatic carbocycles. The Kier molecular flexibility index (Phi) is 4.91. The Hall–Kier alpha value is -2.71. The van der Waals surface area contributed by atoms with E-state index in [2.05, 4.69) is 10.3 Å². The monoisotopic (exact) mass is 398 g/mol. The summed E-state index contributed by atoms with van der Waals surface area (Å²) in [4.78, 5) is 17.0. The van der Waals surface area contributed by atoms with Gasteiger partial charge in [-0.15, -0.1) is 0 Å². The highest BCUT2D eigenvalue weighted by Gasteiger charge is 2.30. The Labute approximate surface area is 164 Å². The summed E-state index contributed by atoms with van der Waals surface area (Å²) in [5.41, 5.74) is 1.12. The Morgan fingerprint density at radius 1 is 1.14 bits per heavy atom. The molecule has 28 heavy (non-hydrogen) atoms. The predicted octanol–water partition coefficient (Wildman–Crippen LogP) is 3.15. The molecule has 3 aromatic rings. The fourth-order valence-corrected chi connectivity index (χ4v) is 5.28. The fraction of sp³-hybridized carbons (Fsp3) is 0.300. The number of rotatable bonds is 4. The van der Waals surface area contributed by atoms with E-state index in [9.17, 15) is 13.2 Å². The average Bonchev–Trinajstić information content (AvgIpc) is 3.18. The molecule has 1 amide bonds. The number of amides is 1. The van der Waals surface area contributed by atoms with E-state index in [-0.39, 0.29) is 16.8 Å². The molecule has 0 radical (unpaired) electrons. The van der Waals surface area contributed by atoms with Gasteiger partial charge in [-0.25, -0.2) is 13.4 Å². The molecule has 0 spiro atoms. The van der Waals surface area contributed by atoms with Crippen LogP contribution in [0.5, 0.6) is 0 Å². The summed E-state index contributed by atoms with van der Waals surface area (Å²) in [6.45, 7) is 2.48. The number of imidazole rings is 1. The minimum absolute atomic E-state index is 0.00241. The minimum Gasteiger partial charge on any atom is -0.308 e. The summed E-state index contributed by atoms with van der Waals surface area (Å²) in [6, 6.07) is 11.5. The average molecular weight is 398 g/mol. The summed E-state index contributed by atoms with van der Waals surface area (Å²) in [5.74, 6) is 0.287. The first-order chi connectivity index (χ1) is 13.5. The van der Waals surface area contributed by atoms with Crippen molar-refractivity contribution in [1.82, 2.24) is 13.7 Å². The van der Waals surface area contributed by atoms with E-state index in [0.717, 1.165) is 24.9 Å². The van der Waals surface area contributed by atoms with Gasteiger partial charge in [0.15, 0.2) is 0 Å². The number of hydrogen-bond acceptors (Lipinski definition) is 4. The van der Waals surface area contributed by atoms with Crippen molar-refractivity contribution in [3.8, 4) is 0 Å². The highest BCUT2D eigenvalue weighted by Crippen LogP contribution is 2.25. The molecule has 0 unspecified atom stereocenters. The van der Waals surface area contributed by atoms with Gasteiger partial charge >= 0.3 is 0 Å². The molecule has 2 aromatic heterocycles. The van der Waals surface area contributed by atoms with E-state index in [0.29, 0.717) is 17.9 Å². The quantitative estimate of drug-likeness (QED) is 0.732. The molecule has 1 aromatic carbocycles. The number of aromatic nitrogens is 2. The Bertz CT molecular complexity index is 1110. The topological polar surface area (TPSA) is 83.8 Å². The summed E-state index contributed by atoms with van der Waals surface area (Å²) in [5, 5.41) is 2.84. The molecule has 8 heteroatoms. The number of carbonyl (C=O) groups excluding carboxylic acids is 1. The second-order valence-electron chi connectivity index (χ2n) is 7.01. The van der Waals surface area contributed by atoms with Gasteiger partial charge in [0.1, 0.15) is 11.5 Å². The number of piperidine rings is 1. The van der Waals surface area contributed by atoms with Crippen molar-refractivity contribution in [2.75, 3.05) is 11.9 Å². The SMILES string of the molecule is C[C@H]1CCCCN1S(=O)(=O)c1ccc(C(=O)Nc2cccc3nccn23)cc1. The van der Waals surface area contributed by atoms with Crippen LogP contribution in [0.1, 0.15) is 36.5 Å². The molecule has 1 saturated heterocycles. The summed E-state index contributed by atoms with van der Waals surface area (Å²) in [7, 11) is -3.54. The van der Waals surface area contributed by atoms with Crippen molar-refractivity contribution in [2.24, 2.45) is 0 Å². The maximum absolute atomic E-state index is 12.9. The molecule has 1 N–H and O–H groups in total. The summed E-state index contributed by atoms with van der Waals surface area (Å²) < 4.78 is 29.1. The third-order valence-corrected chi connectivity index (χ3v) is 7.16. The third-order valence-electron chi connectivity index (χ3n) is 5.14. The molecule has 1 atom stereocenters. The summed E-state index contributed by atoms with van der Waals surface area (Å²) >= 11 is 0. The van der Waals surface area contributed by atoms with Crippen molar-refractivity contribution in [3.63, 3.8) is 0 Å². The molecule has 7 nitrogen and oxygen atoms in total. The van der Waals surface area contributed by atoms with Gasteiger partial charge in [0, 0.05) is 30.5 Å².